The van der Waals surface area contributed by atoms with E-state index in [1.54, 1.807) is 0 Å². The van der Waals surface area contributed by atoms with Crippen molar-refractivity contribution in [2.45, 2.75) is 12.6 Å². The molecule has 2 N–H and O–H groups in total. The predicted octanol–water partition coefficient (Wildman–Crippen LogP) is 4.71. The molecule has 0 saturated carbocycles. The first kappa shape index (κ1) is 22.9. The van der Waals surface area contributed by atoms with Crippen LogP contribution in [0.2, 0.25) is 5.02 Å². The fraction of sp³-hybridized carbons (Fsp3) is 0.0833. The van der Waals surface area contributed by atoms with Gasteiger partial charge in [0, 0.05) is 24.2 Å². The minimum Gasteiger partial charge on any atom is -0.507 e. The second-order valence-electron chi connectivity index (χ2n) is 7.57. The zero-order valence-electron chi connectivity index (χ0n) is 17.3. The van der Waals surface area contributed by atoms with E-state index in [0.29, 0.717) is 11.1 Å². The summed E-state index contributed by atoms with van der Waals surface area (Å²) >= 11 is 6.06. The number of amides is 1. The average molecular weight is 483 g/mol. The molecule has 0 spiro atoms. The summed E-state index contributed by atoms with van der Waals surface area (Å²) in [6, 6.07) is 13.3. The molecule has 0 radical (unpaired) electrons. The van der Waals surface area contributed by atoms with Gasteiger partial charge in [0.15, 0.2) is 0 Å². The summed E-state index contributed by atoms with van der Waals surface area (Å²) in [5.74, 6) is -3.22. The van der Waals surface area contributed by atoms with Gasteiger partial charge in [-0.3, -0.25) is 19.7 Å². The number of hydrogen-bond donors (Lipinski definition) is 2. The normalized spacial score (nSPS) is 17.2. The van der Waals surface area contributed by atoms with E-state index < -0.39 is 34.2 Å². The predicted molar refractivity (Wildman–Crippen MR) is 120 cm³/mol. The molecule has 1 heterocycles. The Hall–Kier alpha value is -4.24. The molecule has 3 aromatic rings. The topological polar surface area (TPSA) is 121 Å². The van der Waals surface area contributed by atoms with Gasteiger partial charge < -0.3 is 15.1 Å². The summed E-state index contributed by atoms with van der Waals surface area (Å²) in [5, 5.41) is 31.9. The molecular formula is C24H16ClFN2O6. The first-order valence-corrected chi connectivity index (χ1v) is 10.3. The van der Waals surface area contributed by atoms with E-state index in [4.69, 9.17) is 11.6 Å². The van der Waals surface area contributed by atoms with E-state index >= 15 is 0 Å². The number of phenols is 1. The molecule has 1 aliphatic heterocycles. The maximum atomic E-state index is 13.3. The molecule has 172 valence electrons. The largest absolute Gasteiger partial charge is 0.507 e. The van der Waals surface area contributed by atoms with Crippen molar-refractivity contribution in [2.75, 3.05) is 0 Å². The third kappa shape index (κ3) is 4.20. The molecule has 1 atom stereocenters. The van der Waals surface area contributed by atoms with Crippen LogP contribution in [0.3, 0.4) is 0 Å². The van der Waals surface area contributed by atoms with Gasteiger partial charge in [-0.1, -0.05) is 41.9 Å². The van der Waals surface area contributed by atoms with Gasteiger partial charge in [-0.25, -0.2) is 4.39 Å². The molecule has 1 aliphatic rings. The van der Waals surface area contributed by atoms with E-state index in [0.717, 1.165) is 6.07 Å². The molecule has 10 heteroatoms. The molecule has 8 nitrogen and oxygen atoms in total. The number of hydrogen-bond acceptors (Lipinski definition) is 6. The lowest BCUT2D eigenvalue weighted by molar-refractivity contribution is -0.384. The molecule has 3 aromatic carbocycles. The Morgan fingerprint density at radius 2 is 1.79 bits per heavy atom. The van der Waals surface area contributed by atoms with E-state index in [-0.39, 0.29) is 34.1 Å². The molecule has 4 rings (SSSR count). The standard InChI is InChI=1S/C24H16ClFN2O6/c25-18-11-14(6-9-19(18)29)21-20(22(30)15-2-1-3-17(10-15)28(33)34)23(31)24(32)27(21)12-13-4-7-16(26)8-5-13/h1-11,21,29-30H,12H2/b22-20-. The number of nitro benzene ring substituents is 1. The number of non-ortho nitro benzene ring substituents is 1. The SMILES string of the molecule is O=C1C(=O)N(Cc2ccc(F)cc2)C(c2ccc(O)c(Cl)c2)/C1=C(/O)c1cccc([N+](=O)[O-])c1. The number of benzene rings is 3. The summed E-state index contributed by atoms with van der Waals surface area (Å²) in [6.07, 6.45) is 0. The van der Waals surface area contributed by atoms with Gasteiger partial charge in [0.1, 0.15) is 17.3 Å². The summed E-state index contributed by atoms with van der Waals surface area (Å²) in [6.45, 7) is -0.0975. The number of carbonyl (C=O) groups is 2. The molecule has 0 aromatic heterocycles. The third-order valence-electron chi connectivity index (χ3n) is 5.42. The summed E-state index contributed by atoms with van der Waals surface area (Å²) in [4.78, 5) is 37.7. The lowest BCUT2D eigenvalue weighted by atomic mass is 9.95. The number of Topliss-reactive ketones (excluding diaryl/α,β-unsaturated/α-hetero) is 1. The maximum Gasteiger partial charge on any atom is 0.295 e. The number of ketones is 1. The van der Waals surface area contributed by atoms with Crippen molar-refractivity contribution in [3.8, 4) is 5.75 Å². The van der Waals surface area contributed by atoms with Crippen LogP contribution in [0.1, 0.15) is 22.7 Å². The van der Waals surface area contributed by atoms with Gasteiger partial charge in [0.2, 0.25) is 0 Å². The molecule has 1 unspecified atom stereocenters. The number of nitrogens with zero attached hydrogens (tertiary/aromatic N) is 2. The number of nitro groups is 1. The second-order valence-corrected chi connectivity index (χ2v) is 7.98. The molecule has 0 bridgehead atoms. The van der Waals surface area contributed by atoms with Crippen molar-refractivity contribution in [3.63, 3.8) is 0 Å². The van der Waals surface area contributed by atoms with Crippen LogP contribution in [-0.2, 0) is 16.1 Å². The molecular weight excluding hydrogens is 467 g/mol. The average Bonchev–Trinajstić information content (AvgIpc) is 3.06. The lowest BCUT2D eigenvalue weighted by Crippen LogP contribution is -2.29. The zero-order chi connectivity index (χ0) is 24.6. The van der Waals surface area contributed by atoms with Crippen LogP contribution in [0.25, 0.3) is 5.76 Å². The van der Waals surface area contributed by atoms with Gasteiger partial charge in [-0.2, -0.15) is 0 Å². The Labute approximate surface area is 197 Å². The zero-order valence-corrected chi connectivity index (χ0v) is 18.1. The van der Waals surface area contributed by atoms with Gasteiger partial charge in [0.25, 0.3) is 17.4 Å². The monoisotopic (exact) mass is 482 g/mol. The molecule has 1 amide bonds. The lowest BCUT2D eigenvalue weighted by Gasteiger charge is -2.25. The molecule has 0 aliphatic carbocycles. The third-order valence-corrected chi connectivity index (χ3v) is 5.73. The van der Waals surface area contributed by atoms with E-state index in [1.165, 1.54) is 65.6 Å². The van der Waals surface area contributed by atoms with E-state index in [2.05, 4.69) is 0 Å². The Balaban J connectivity index is 1.89. The number of likely N-dealkylation sites (tertiary alicyclic amines) is 1. The van der Waals surface area contributed by atoms with Crippen LogP contribution >= 0.6 is 11.6 Å². The van der Waals surface area contributed by atoms with Crippen LogP contribution in [0.15, 0.2) is 72.3 Å². The number of phenolic OH excluding ortho intramolecular Hbond substituents is 1. The Morgan fingerprint density at radius 3 is 2.44 bits per heavy atom. The minimum absolute atomic E-state index is 0.0242. The van der Waals surface area contributed by atoms with Crippen molar-refractivity contribution in [1.82, 2.24) is 4.90 Å². The van der Waals surface area contributed by atoms with Gasteiger partial charge in [0.05, 0.1) is 21.6 Å². The Morgan fingerprint density at radius 1 is 1.09 bits per heavy atom. The smallest absolute Gasteiger partial charge is 0.295 e. The first-order valence-electron chi connectivity index (χ1n) is 9.93. The van der Waals surface area contributed by atoms with E-state index in [9.17, 15) is 34.3 Å². The quantitative estimate of drug-likeness (QED) is 0.178. The van der Waals surface area contributed by atoms with Crippen LogP contribution in [0.4, 0.5) is 10.1 Å². The Kier molecular flexibility index (Phi) is 6.04. The van der Waals surface area contributed by atoms with Crippen LogP contribution < -0.4 is 0 Å². The summed E-state index contributed by atoms with van der Waals surface area (Å²) in [5.41, 5.74) is 0.205. The van der Waals surface area contributed by atoms with Crippen molar-refractivity contribution in [3.05, 3.63) is 110 Å². The highest BCUT2D eigenvalue weighted by atomic mass is 35.5. The molecule has 1 saturated heterocycles. The van der Waals surface area contributed by atoms with Crippen molar-refractivity contribution in [1.29, 1.82) is 0 Å². The van der Waals surface area contributed by atoms with Gasteiger partial charge in [-0.15, -0.1) is 0 Å². The highest BCUT2D eigenvalue weighted by Crippen LogP contribution is 2.42. The molecule has 1 fully saturated rings. The highest BCUT2D eigenvalue weighted by molar-refractivity contribution is 6.46. The van der Waals surface area contributed by atoms with E-state index in [1.807, 2.05) is 0 Å². The second kappa shape index (κ2) is 8.95. The first-order chi connectivity index (χ1) is 16.2. The maximum absolute atomic E-state index is 13.3. The number of carbonyl (C=O) groups excluding carboxylic acids is 2. The number of aliphatic hydroxyl groups excluding tert-OH is 1. The van der Waals surface area contributed by atoms with Crippen LogP contribution in [0.5, 0.6) is 5.75 Å². The number of halogens is 2. The number of aliphatic hydroxyl groups is 1. The number of aromatic hydroxyl groups is 1. The number of rotatable bonds is 5. The highest BCUT2D eigenvalue weighted by Gasteiger charge is 2.46. The van der Waals surface area contributed by atoms with Crippen LogP contribution in [-0.4, -0.2) is 31.7 Å². The van der Waals surface area contributed by atoms with Crippen molar-refractivity contribution in [2.24, 2.45) is 0 Å². The molecule has 34 heavy (non-hydrogen) atoms. The van der Waals surface area contributed by atoms with Gasteiger partial charge >= 0.3 is 0 Å². The fourth-order valence-corrected chi connectivity index (χ4v) is 3.98. The Bertz CT molecular complexity index is 1360. The van der Waals surface area contributed by atoms with Crippen LogP contribution in [0, 0.1) is 15.9 Å². The van der Waals surface area contributed by atoms with Crippen molar-refractivity contribution < 1.29 is 29.1 Å². The minimum atomic E-state index is -1.12. The summed E-state index contributed by atoms with van der Waals surface area (Å²) < 4.78 is 13.3. The summed E-state index contributed by atoms with van der Waals surface area (Å²) in [7, 11) is 0. The fourth-order valence-electron chi connectivity index (χ4n) is 3.79. The van der Waals surface area contributed by atoms with Gasteiger partial charge in [-0.05, 0) is 35.4 Å². The van der Waals surface area contributed by atoms with Crippen molar-refractivity contribution >= 4 is 34.7 Å².